The molecule has 0 aliphatic rings. The number of ether oxygens (including phenoxy) is 1. The molecule has 2 heterocycles. The molecule has 0 atom stereocenters. The Labute approximate surface area is 116 Å². The van der Waals surface area contributed by atoms with Crippen LogP contribution in [0.1, 0.15) is 15.5 Å². The van der Waals surface area contributed by atoms with Gasteiger partial charge in [0.2, 0.25) is 0 Å². The molecule has 0 radical (unpaired) electrons. The minimum atomic E-state index is -0.488. The molecule has 0 spiro atoms. The predicted molar refractivity (Wildman–Crippen MR) is 68.3 cm³/mol. The van der Waals surface area contributed by atoms with Crippen molar-refractivity contribution in [2.75, 3.05) is 7.11 Å². The van der Waals surface area contributed by atoms with Crippen LogP contribution in [0.15, 0.2) is 9.50 Å². The second-order valence-electron chi connectivity index (χ2n) is 3.28. The zero-order valence-corrected chi connectivity index (χ0v) is 12.2. The number of esters is 1. The highest BCUT2D eigenvalue weighted by Crippen LogP contribution is 2.34. The normalized spacial score (nSPS) is 10.7. The fourth-order valence-electron chi connectivity index (χ4n) is 1.10. The smallest absolute Gasteiger partial charge is 0.351 e. The number of carbonyl (C=O) groups excluding carboxylic acids is 1. The van der Waals surface area contributed by atoms with Gasteiger partial charge in [-0.25, -0.2) is 9.78 Å². The summed E-state index contributed by atoms with van der Waals surface area (Å²) in [5.74, 6) is 0.312. The fourth-order valence-corrected chi connectivity index (χ4v) is 3.37. The van der Waals surface area contributed by atoms with Gasteiger partial charge in [0.15, 0.2) is 19.5 Å². The summed E-state index contributed by atoms with van der Waals surface area (Å²) in [6, 6.07) is 0. The maximum atomic E-state index is 11.4. The first kappa shape index (κ1) is 13.3. The van der Waals surface area contributed by atoms with Crippen LogP contribution < -0.4 is 0 Å². The monoisotopic (exact) mass is 304 g/mol. The molecule has 0 saturated heterocycles. The minimum absolute atomic E-state index is 0.147. The van der Waals surface area contributed by atoms with E-state index < -0.39 is 5.97 Å². The SMILES string of the molecule is COC(=O)c1sc(Sc2nnc(C)n2C)nc1Cl. The Hall–Kier alpha value is -1.12. The Bertz CT molecular complexity index is 595. The van der Waals surface area contributed by atoms with Gasteiger partial charge in [-0.2, -0.15) is 0 Å². The minimum Gasteiger partial charge on any atom is -0.465 e. The summed E-state index contributed by atoms with van der Waals surface area (Å²) in [5, 5.41) is 8.77. The van der Waals surface area contributed by atoms with E-state index in [4.69, 9.17) is 11.6 Å². The molecular formula is C9H9ClN4O2S2. The van der Waals surface area contributed by atoms with Gasteiger partial charge >= 0.3 is 5.97 Å². The summed E-state index contributed by atoms with van der Waals surface area (Å²) in [6.45, 7) is 1.85. The molecule has 2 aromatic rings. The van der Waals surface area contributed by atoms with Crippen LogP contribution in [0, 0.1) is 6.92 Å². The molecule has 0 saturated carbocycles. The summed E-state index contributed by atoms with van der Waals surface area (Å²) in [5.41, 5.74) is 0. The Kier molecular flexibility index (Phi) is 3.88. The molecule has 6 nitrogen and oxygen atoms in total. The van der Waals surface area contributed by atoms with Gasteiger partial charge in [-0.1, -0.05) is 22.9 Å². The van der Waals surface area contributed by atoms with Gasteiger partial charge in [-0.05, 0) is 18.7 Å². The van der Waals surface area contributed by atoms with Crippen molar-refractivity contribution >= 4 is 40.7 Å². The van der Waals surface area contributed by atoms with Crippen molar-refractivity contribution < 1.29 is 9.53 Å². The number of hydrogen-bond acceptors (Lipinski definition) is 7. The largest absolute Gasteiger partial charge is 0.465 e. The van der Waals surface area contributed by atoms with Crippen LogP contribution in [-0.2, 0) is 11.8 Å². The zero-order valence-electron chi connectivity index (χ0n) is 9.80. The highest BCUT2D eigenvalue weighted by atomic mass is 35.5. The van der Waals surface area contributed by atoms with Crippen LogP contribution in [-0.4, -0.2) is 32.8 Å². The molecule has 18 heavy (non-hydrogen) atoms. The topological polar surface area (TPSA) is 69.9 Å². The number of hydrogen-bond donors (Lipinski definition) is 0. The first-order chi connectivity index (χ1) is 8.52. The second-order valence-corrected chi connectivity index (χ2v) is 5.85. The number of aryl methyl sites for hydroxylation is 1. The van der Waals surface area contributed by atoms with Crippen LogP contribution in [0.5, 0.6) is 0 Å². The van der Waals surface area contributed by atoms with Crippen molar-refractivity contribution in [1.29, 1.82) is 0 Å². The summed E-state index contributed by atoms with van der Waals surface area (Å²) < 4.78 is 7.07. The molecular weight excluding hydrogens is 296 g/mol. The third kappa shape index (κ3) is 2.50. The molecule has 0 aromatic carbocycles. The van der Waals surface area contributed by atoms with E-state index in [1.54, 1.807) is 0 Å². The first-order valence-electron chi connectivity index (χ1n) is 4.81. The molecule has 2 rings (SSSR count). The fraction of sp³-hybridized carbons (Fsp3) is 0.333. The van der Waals surface area contributed by atoms with E-state index in [1.807, 2.05) is 18.5 Å². The van der Waals surface area contributed by atoms with Crippen molar-refractivity contribution in [3.8, 4) is 0 Å². The van der Waals surface area contributed by atoms with Gasteiger partial charge in [0.05, 0.1) is 7.11 Å². The van der Waals surface area contributed by atoms with E-state index in [1.165, 1.54) is 30.2 Å². The highest BCUT2D eigenvalue weighted by Gasteiger charge is 2.19. The molecule has 0 N–H and O–H groups in total. The van der Waals surface area contributed by atoms with E-state index in [9.17, 15) is 4.79 Å². The van der Waals surface area contributed by atoms with E-state index >= 15 is 0 Å². The maximum absolute atomic E-state index is 11.4. The summed E-state index contributed by atoms with van der Waals surface area (Å²) >= 11 is 8.34. The number of halogens is 1. The van der Waals surface area contributed by atoms with Crippen molar-refractivity contribution in [3.63, 3.8) is 0 Å². The Morgan fingerprint density at radius 1 is 1.50 bits per heavy atom. The first-order valence-corrected chi connectivity index (χ1v) is 6.82. The third-order valence-electron chi connectivity index (χ3n) is 2.17. The van der Waals surface area contributed by atoms with Crippen molar-refractivity contribution in [3.05, 3.63) is 15.9 Å². The van der Waals surface area contributed by atoms with Gasteiger partial charge in [0.1, 0.15) is 5.82 Å². The van der Waals surface area contributed by atoms with Gasteiger partial charge in [-0.15, -0.1) is 10.2 Å². The number of nitrogens with zero attached hydrogens (tertiary/aromatic N) is 4. The summed E-state index contributed by atoms with van der Waals surface area (Å²) in [7, 11) is 3.16. The second kappa shape index (κ2) is 5.25. The van der Waals surface area contributed by atoms with E-state index in [2.05, 4.69) is 19.9 Å². The molecule has 0 aliphatic carbocycles. The molecule has 0 unspecified atom stereocenters. The quantitative estimate of drug-likeness (QED) is 0.809. The van der Waals surface area contributed by atoms with Crippen LogP contribution >= 0.6 is 34.7 Å². The Morgan fingerprint density at radius 2 is 2.22 bits per heavy atom. The Morgan fingerprint density at radius 3 is 2.78 bits per heavy atom. The number of carbonyl (C=O) groups is 1. The molecule has 0 amide bonds. The lowest BCUT2D eigenvalue weighted by Crippen LogP contribution is -1.98. The van der Waals surface area contributed by atoms with Crippen molar-refractivity contribution in [2.45, 2.75) is 16.4 Å². The molecule has 9 heteroatoms. The lowest BCUT2D eigenvalue weighted by molar-refractivity contribution is 0.0606. The summed E-state index contributed by atoms with van der Waals surface area (Å²) in [6.07, 6.45) is 0. The van der Waals surface area contributed by atoms with Crippen molar-refractivity contribution in [1.82, 2.24) is 19.7 Å². The zero-order chi connectivity index (χ0) is 13.3. The van der Waals surface area contributed by atoms with Gasteiger partial charge in [0.25, 0.3) is 0 Å². The van der Waals surface area contributed by atoms with E-state index in [0.29, 0.717) is 14.4 Å². The van der Waals surface area contributed by atoms with Crippen molar-refractivity contribution in [2.24, 2.45) is 7.05 Å². The lowest BCUT2D eigenvalue weighted by atomic mass is 10.6. The van der Waals surface area contributed by atoms with E-state index in [0.717, 1.165) is 5.82 Å². The molecule has 96 valence electrons. The van der Waals surface area contributed by atoms with Crippen LogP contribution in [0.2, 0.25) is 5.15 Å². The molecule has 0 fully saturated rings. The number of methoxy groups -OCH3 is 1. The van der Waals surface area contributed by atoms with Crippen LogP contribution in [0.4, 0.5) is 0 Å². The average molecular weight is 305 g/mol. The predicted octanol–water partition coefficient (Wildman–Crippen LogP) is 2.17. The van der Waals surface area contributed by atoms with Crippen LogP contribution in [0.3, 0.4) is 0 Å². The number of rotatable bonds is 3. The maximum Gasteiger partial charge on any atom is 0.351 e. The molecule has 0 aliphatic heterocycles. The van der Waals surface area contributed by atoms with Gasteiger partial charge in [0, 0.05) is 7.05 Å². The van der Waals surface area contributed by atoms with E-state index in [-0.39, 0.29) is 5.15 Å². The third-order valence-corrected chi connectivity index (χ3v) is 4.69. The van der Waals surface area contributed by atoms with Crippen LogP contribution in [0.25, 0.3) is 0 Å². The highest BCUT2D eigenvalue weighted by molar-refractivity contribution is 8.00. The number of aromatic nitrogens is 4. The molecule has 2 aromatic heterocycles. The van der Waals surface area contributed by atoms with Gasteiger partial charge < -0.3 is 9.30 Å². The van der Waals surface area contributed by atoms with Gasteiger partial charge in [-0.3, -0.25) is 0 Å². The average Bonchev–Trinajstić information content (AvgIpc) is 2.86. The number of thiazole rings is 1. The molecule has 0 bridgehead atoms. The summed E-state index contributed by atoms with van der Waals surface area (Å²) in [4.78, 5) is 15.8. The lowest BCUT2D eigenvalue weighted by Gasteiger charge is -1.97. The Balaban J connectivity index is 2.25. The standard InChI is InChI=1S/C9H9ClN4O2S2/c1-4-12-13-8(14(4)2)18-9-11-6(10)5(17-9)7(15)16-3/h1-3H3.